The van der Waals surface area contributed by atoms with E-state index in [1.54, 1.807) is 18.2 Å². The van der Waals surface area contributed by atoms with Crippen molar-refractivity contribution in [2.45, 2.75) is 10.6 Å². The van der Waals surface area contributed by atoms with E-state index < -0.39 is 27.6 Å². The summed E-state index contributed by atoms with van der Waals surface area (Å²) in [7, 11) is -3.60. The Hall–Kier alpha value is -3.92. The molecule has 2 aromatic carbocycles. The van der Waals surface area contributed by atoms with E-state index in [1.165, 1.54) is 48.5 Å². The largest absolute Gasteiger partial charge is 0.455 e. The van der Waals surface area contributed by atoms with Crippen LogP contribution in [0.2, 0.25) is 0 Å². The van der Waals surface area contributed by atoms with Crippen LogP contribution in [0.5, 0.6) is 0 Å². The summed E-state index contributed by atoms with van der Waals surface area (Å²) in [4.78, 5) is 35.1. The number of furan rings is 1. The zero-order valence-electron chi connectivity index (χ0n) is 16.2. The van der Waals surface area contributed by atoms with Crippen molar-refractivity contribution < 1.29 is 27.2 Å². The average Bonchev–Trinajstić information content (AvgIpc) is 3.21. The maximum atomic E-state index is 12.4. The van der Waals surface area contributed by atoms with Gasteiger partial charge in [0.25, 0.3) is 11.8 Å². The molecule has 0 aliphatic rings. The van der Waals surface area contributed by atoms with E-state index >= 15 is 0 Å². The highest BCUT2D eigenvalue weighted by Crippen LogP contribution is 2.19. The first kappa shape index (κ1) is 21.8. The molecular formula is C21H19N3O6S. The molecule has 0 aliphatic carbocycles. The highest BCUT2D eigenvalue weighted by atomic mass is 32.2. The highest BCUT2D eigenvalue weighted by molar-refractivity contribution is 7.90. The van der Waals surface area contributed by atoms with Crippen molar-refractivity contribution in [2.24, 2.45) is 5.73 Å². The van der Waals surface area contributed by atoms with Crippen LogP contribution >= 0.6 is 0 Å². The van der Waals surface area contributed by atoms with Crippen molar-refractivity contribution in [1.29, 1.82) is 0 Å². The fraction of sp³-hybridized carbons (Fsp3) is 0.0952. The van der Waals surface area contributed by atoms with Crippen LogP contribution in [0.4, 0.5) is 5.69 Å². The standard InChI is InChI=1S/C21H19N3O6S/c22-19(25)12-23-20(26)14-6-8-15(9-7-14)24-21(27)18-11-10-16(30-18)13-31(28,29)17-4-2-1-3-5-17/h1-11H,12-13H2,(H2,22,25)(H,23,26)(H,24,27). The van der Waals surface area contributed by atoms with Gasteiger partial charge in [0.1, 0.15) is 11.5 Å². The molecule has 0 radical (unpaired) electrons. The Bertz CT molecular complexity index is 1200. The number of anilines is 1. The molecule has 3 rings (SSSR count). The van der Waals surface area contributed by atoms with Gasteiger partial charge in [-0.05, 0) is 48.5 Å². The van der Waals surface area contributed by atoms with E-state index in [4.69, 9.17) is 10.2 Å². The number of rotatable bonds is 8. The second-order valence-electron chi connectivity index (χ2n) is 6.52. The number of nitrogens with two attached hydrogens (primary N) is 1. The quantitative estimate of drug-likeness (QED) is 0.485. The van der Waals surface area contributed by atoms with Crippen LogP contribution in [0.15, 0.2) is 76.0 Å². The monoisotopic (exact) mass is 441 g/mol. The third kappa shape index (κ3) is 5.80. The Kier molecular flexibility index (Phi) is 6.51. The molecule has 31 heavy (non-hydrogen) atoms. The third-order valence-electron chi connectivity index (χ3n) is 4.15. The van der Waals surface area contributed by atoms with E-state index in [2.05, 4.69) is 10.6 Å². The molecule has 0 bridgehead atoms. The van der Waals surface area contributed by atoms with Crippen molar-refractivity contribution in [2.75, 3.05) is 11.9 Å². The van der Waals surface area contributed by atoms with Gasteiger partial charge in [0.15, 0.2) is 15.6 Å². The number of benzene rings is 2. The number of sulfone groups is 1. The lowest BCUT2D eigenvalue weighted by molar-refractivity contribution is -0.117. The molecule has 1 aromatic heterocycles. The molecule has 9 nitrogen and oxygen atoms in total. The van der Waals surface area contributed by atoms with E-state index in [0.29, 0.717) is 5.69 Å². The van der Waals surface area contributed by atoms with Gasteiger partial charge < -0.3 is 20.8 Å². The second kappa shape index (κ2) is 9.26. The zero-order chi connectivity index (χ0) is 22.4. The summed E-state index contributed by atoms with van der Waals surface area (Å²) in [6.07, 6.45) is 0. The molecule has 0 saturated heterocycles. The highest BCUT2D eigenvalue weighted by Gasteiger charge is 2.19. The lowest BCUT2D eigenvalue weighted by Crippen LogP contribution is -2.33. The minimum absolute atomic E-state index is 0.0541. The van der Waals surface area contributed by atoms with Gasteiger partial charge in [-0.25, -0.2) is 8.42 Å². The van der Waals surface area contributed by atoms with Gasteiger partial charge in [-0.3, -0.25) is 14.4 Å². The smallest absolute Gasteiger partial charge is 0.291 e. The van der Waals surface area contributed by atoms with Gasteiger partial charge in [0.05, 0.1) is 11.4 Å². The molecule has 0 unspecified atom stereocenters. The Balaban J connectivity index is 1.62. The predicted molar refractivity (Wildman–Crippen MR) is 112 cm³/mol. The van der Waals surface area contributed by atoms with Crippen LogP contribution in [0.25, 0.3) is 0 Å². The van der Waals surface area contributed by atoms with Gasteiger partial charge in [-0.15, -0.1) is 0 Å². The zero-order valence-corrected chi connectivity index (χ0v) is 17.0. The maximum absolute atomic E-state index is 12.4. The van der Waals surface area contributed by atoms with Crippen molar-refractivity contribution in [3.05, 3.63) is 83.8 Å². The van der Waals surface area contributed by atoms with E-state index in [-0.39, 0.29) is 34.3 Å². The molecule has 10 heteroatoms. The first-order valence-electron chi connectivity index (χ1n) is 9.09. The van der Waals surface area contributed by atoms with Crippen LogP contribution in [0, 0.1) is 0 Å². The molecule has 1 heterocycles. The molecule has 0 fully saturated rings. The second-order valence-corrected chi connectivity index (χ2v) is 8.51. The number of carbonyl (C=O) groups is 3. The van der Waals surface area contributed by atoms with Crippen LogP contribution in [0.3, 0.4) is 0 Å². The molecule has 0 saturated carbocycles. The molecule has 3 aromatic rings. The Labute approximate surface area is 178 Å². The van der Waals surface area contributed by atoms with Crippen LogP contribution in [-0.2, 0) is 20.4 Å². The molecule has 3 amide bonds. The maximum Gasteiger partial charge on any atom is 0.291 e. The van der Waals surface area contributed by atoms with E-state index in [9.17, 15) is 22.8 Å². The molecule has 0 atom stereocenters. The van der Waals surface area contributed by atoms with Crippen LogP contribution < -0.4 is 16.4 Å². The number of hydrogen-bond acceptors (Lipinski definition) is 6. The van der Waals surface area contributed by atoms with Crippen molar-refractivity contribution in [1.82, 2.24) is 5.32 Å². The summed E-state index contributed by atoms with van der Waals surface area (Å²) in [5, 5.41) is 4.95. The van der Waals surface area contributed by atoms with Gasteiger partial charge in [-0.2, -0.15) is 0 Å². The van der Waals surface area contributed by atoms with Gasteiger partial charge >= 0.3 is 0 Å². The first-order valence-corrected chi connectivity index (χ1v) is 10.7. The molecular weight excluding hydrogens is 422 g/mol. The van der Waals surface area contributed by atoms with Crippen LogP contribution in [-0.4, -0.2) is 32.7 Å². The van der Waals surface area contributed by atoms with Crippen molar-refractivity contribution >= 4 is 33.2 Å². The van der Waals surface area contributed by atoms with Gasteiger partial charge in [0.2, 0.25) is 5.91 Å². The van der Waals surface area contributed by atoms with Gasteiger partial charge in [-0.1, -0.05) is 18.2 Å². The number of nitrogens with one attached hydrogen (secondary N) is 2. The van der Waals surface area contributed by atoms with Crippen molar-refractivity contribution in [3.63, 3.8) is 0 Å². The fourth-order valence-corrected chi connectivity index (χ4v) is 3.91. The average molecular weight is 441 g/mol. The van der Waals surface area contributed by atoms with Crippen LogP contribution in [0.1, 0.15) is 26.7 Å². The number of carbonyl (C=O) groups excluding carboxylic acids is 3. The summed E-state index contributed by atoms with van der Waals surface area (Å²) in [6, 6.07) is 16.7. The summed E-state index contributed by atoms with van der Waals surface area (Å²) in [6.45, 7) is -0.280. The summed E-state index contributed by atoms with van der Waals surface area (Å²) < 4.78 is 30.2. The molecule has 0 spiro atoms. The number of amides is 3. The predicted octanol–water partition coefficient (Wildman–Crippen LogP) is 1.72. The van der Waals surface area contributed by atoms with Crippen molar-refractivity contribution in [3.8, 4) is 0 Å². The minimum Gasteiger partial charge on any atom is -0.455 e. The summed E-state index contributed by atoms with van der Waals surface area (Å²) in [5.41, 5.74) is 5.65. The molecule has 0 aliphatic heterocycles. The third-order valence-corrected chi connectivity index (χ3v) is 5.80. The van der Waals surface area contributed by atoms with E-state index in [1.807, 2.05) is 0 Å². The normalized spacial score (nSPS) is 11.0. The molecule has 160 valence electrons. The lowest BCUT2D eigenvalue weighted by atomic mass is 10.2. The van der Waals surface area contributed by atoms with Gasteiger partial charge in [0, 0.05) is 11.3 Å². The molecule has 4 N–H and O–H groups in total. The Morgan fingerprint density at radius 2 is 1.55 bits per heavy atom. The summed E-state index contributed by atoms with van der Waals surface area (Å²) in [5.74, 6) is -2.01. The topological polar surface area (TPSA) is 149 Å². The Morgan fingerprint density at radius 3 is 2.19 bits per heavy atom. The number of hydrogen-bond donors (Lipinski definition) is 3. The SMILES string of the molecule is NC(=O)CNC(=O)c1ccc(NC(=O)c2ccc(CS(=O)(=O)c3ccccc3)o2)cc1. The van der Waals surface area contributed by atoms with E-state index in [0.717, 1.165) is 0 Å². The summed E-state index contributed by atoms with van der Waals surface area (Å²) >= 11 is 0. The minimum atomic E-state index is -3.60. The lowest BCUT2D eigenvalue weighted by Gasteiger charge is -2.06. The fourth-order valence-electron chi connectivity index (χ4n) is 2.64. The first-order chi connectivity index (χ1) is 14.7. The Morgan fingerprint density at radius 1 is 0.871 bits per heavy atom. The number of primary amides is 1.